The van der Waals surface area contributed by atoms with Gasteiger partial charge in [-0.15, -0.1) is 5.10 Å². The lowest BCUT2D eigenvalue weighted by atomic mass is 9.91. The van der Waals surface area contributed by atoms with Gasteiger partial charge < -0.3 is 24.1 Å². The Hall–Kier alpha value is -1.69. The average molecular weight is 446 g/mol. The Balaban J connectivity index is 1.74. The quantitative estimate of drug-likeness (QED) is 0.723. The largest absolute Gasteiger partial charge is 0.394 e. The zero-order valence-electron chi connectivity index (χ0n) is 16.6. The molecule has 164 valence electrons. The van der Waals surface area contributed by atoms with Crippen LogP contribution in [0.1, 0.15) is 19.9 Å². The molecule has 2 aliphatic heterocycles. The van der Waals surface area contributed by atoms with Crippen LogP contribution in [0, 0.1) is 11.6 Å². The van der Waals surface area contributed by atoms with E-state index in [1.54, 1.807) is 13.8 Å². The number of aromatic nitrogens is 3. The minimum Gasteiger partial charge on any atom is -0.394 e. The molecule has 0 radical (unpaired) electrons. The fraction of sp³-hybridized carbons (Fsp3) is 0.579. The molecule has 2 aliphatic rings. The van der Waals surface area contributed by atoms with Crippen molar-refractivity contribution in [3.05, 3.63) is 35.0 Å². The molecule has 0 unspecified atom stereocenters. The summed E-state index contributed by atoms with van der Waals surface area (Å²) in [6.07, 6.45) is -0.837. The lowest BCUT2D eigenvalue weighted by Gasteiger charge is -2.50. The minimum absolute atomic E-state index is 0.0762. The van der Waals surface area contributed by atoms with Gasteiger partial charge in [-0.2, -0.15) is 0 Å². The van der Waals surface area contributed by atoms with E-state index in [9.17, 15) is 13.9 Å². The van der Waals surface area contributed by atoms with Gasteiger partial charge in [0.1, 0.15) is 36.2 Å². The second-order valence-corrected chi connectivity index (χ2v) is 8.09. The predicted molar refractivity (Wildman–Crippen MR) is 101 cm³/mol. The van der Waals surface area contributed by atoms with Crippen molar-refractivity contribution in [2.75, 3.05) is 20.3 Å². The molecule has 0 amide bonds. The van der Waals surface area contributed by atoms with Crippen LogP contribution in [0.15, 0.2) is 18.3 Å². The molecule has 1 N–H and O–H groups in total. The first kappa shape index (κ1) is 21.5. The maximum atomic E-state index is 14.4. The zero-order chi connectivity index (χ0) is 21.6. The SMILES string of the molecule is CO[C@@H]1[C@@H](n2cc(-c3ccc(Cl)c(F)c3F)nn2)[C@H]2OC(C)(C)OC[C@H]2O[C@@H]1CO. The Labute approximate surface area is 176 Å². The van der Waals surface area contributed by atoms with Crippen LogP contribution >= 0.6 is 11.6 Å². The Morgan fingerprint density at radius 1 is 1.33 bits per heavy atom. The maximum Gasteiger partial charge on any atom is 0.178 e. The van der Waals surface area contributed by atoms with E-state index in [-0.39, 0.29) is 29.5 Å². The van der Waals surface area contributed by atoms with Crippen LogP contribution in [0.4, 0.5) is 8.78 Å². The third kappa shape index (κ3) is 3.72. The standard InChI is InChI=1S/C19H22ClF2N3O5/c1-19(2)28-8-13-18(30-19)16(17(27-3)12(7-26)29-13)25-6-11(23-24-25)9-4-5-10(20)15(22)14(9)21/h4-6,12-13,16-18,26H,7-8H2,1-3H3/t12-,13-,16-,17+,18+/m1/s1. The van der Waals surface area contributed by atoms with Crippen molar-refractivity contribution in [2.24, 2.45) is 0 Å². The molecule has 3 heterocycles. The van der Waals surface area contributed by atoms with Gasteiger partial charge in [0.25, 0.3) is 0 Å². The van der Waals surface area contributed by atoms with E-state index in [1.807, 2.05) is 0 Å². The molecule has 1 aromatic carbocycles. The summed E-state index contributed by atoms with van der Waals surface area (Å²) in [4.78, 5) is 0. The highest BCUT2D eigenvalue weighted by atomic mass is 35.5. The molecule has 0 bridgehead atoms. The summed E-state index contributed by atoms with van der Waals surface area (Å²) in [5.41, 5.74) is 0.0421. The van der Waals surface area contributed by atoms with E-state index < -0.39 is 47.9 Å². The summed E-state index contributed by atoms with van der Waals surface area (Å²) in [5.74, 6) is -3.14. The van der Waals surface area contributed by atoms with Crippen LogP contribution in [-0.2, 0) is 18.9 Å². The number of aliphatic hydroxyl groups excluding tert-OH is 1. The fourth-order valence-corrected chi connectivity index (χ4v) is 4.09. The average Bonchev–Trinajstić information content (AvgIpc) is 3.19. The van der Waals surface area contributed by atoms with Crippen LogP contribution in [0.2, 0.25) is 5.02 Å². The van der Waals surface area contributed by atoms with Crippen molar-refractivity contribution in [2.45, 2.75) is 50.1 Å². The van der Waals surface area contributed by atoms with Crippen molar-refractivity contribution in [3.8, 4) is 11.3 Å². The maximum absolute atomic E-state index is 14.4. The van der Waals surface area contributed by atoms with Crippen LogP contribution in [0.25, 0.3) is 11.3 Å². The Bertz CT molecular complexity index is 928. The molecule has 1 aromatic heterocycles. The fourth-order valence-electron chi connectivity index (χ4n) is 3.94. The highest BCUT2D eigenvalue weighted by Gasteiger charge is 2.52. The summed E-state index contributed by atoms with van der Waals surface area (Å²) in [5, 5.41) is 17.6. The number of hydrogen-bond donors (Lipinski definition) is 1. The molecule has 0 saturated carbocycles. The van der Waals surface area contributed by atoms with Gasteiger partial charge in [-0.1, -0.05) is 16.8 Å². The smallest absolute Gasteiger partial charge is 0.178 e. The molecule has 30 heavy (non-hydrogen) atoms. The molecule has 11 heteroatoms. The molecule has 5 atom stereocenters. The second-order valence-electron chi connectivity index (χ2n) is 7.69. The van der Waals surface area contributed by atoms with E-state index in [0.29, 0.717) is 0 Å². The van der Waals surface area contributed by atoms with E-state index in [0.717, 1.165) is 0 Å². The van der Waals surface area contributed by atoms with E-state index in [1.165, 1.54) is 30.1 Å². The van der Waals surface area contributed by atoms with Gasteiger partial charge in [0, 0.05) is 12.7 Å². The molecule has 4 rings (SSSR count). The summed E-state index contributed by atoms with van der Waals surface area (Å²) in [6.45, 7) is 3.51. The Kier molecular flexibility index (Phi) is 5.82. The summed E-state index contributed by atoms with van der Waals surface area (Å²) in [6, 6.07) is 2.03. The highest BCUT2D eigenvalue weighted by Crippen LogP contribution is 2.39. The number of methoxy groups -OCH3 is 1. The third-order valence-electron chi connectivity index (χ3n) is 5.35. The normalized spacial score (nSPS) is 30.8. The van der Waals surface area contributed by atoms with Crippen LogP contribution < -0.4 is 0 Å². The van der Waals surface area contributed by atoms with Gasteiger partial charge in [0.2, 0.25) is 0 Å². The van der Waals surface area contributed by atoms with Crippen molar-refractivity contribution >= 4 is 11.6 Å². The van der Waals surface area contributed by atoms with Crippen molar-refractivity contribution in [1.82, 2.24) is 15.0 Å². The molecule has 2 fully saturated rings. The predicted octanol–water partition coefficient (Wildman–Crippen LogP) is 2.34. The monoisotopic (exact) mass is 445 g/mol. The number of benzene rings is 1. The van der Waals surface area contributed by atoms with E-state index in [4.69, 9.17) is 30.5 Å². The van der Waals surface area contributed by atoms with Gasteiger partial charge in [-0.25, -0.2) is 13.5 Å². The molecular weight excluding hydrogens is 424 g/mol. The number of halogens is 3. The van der Waals surface area contributed by atoms with E-state index >= 15 is 0 Å². The van der Waals surface area contributed by atoms with Crippen LogP contribution in [-0.4, -0.2) is 70.6 Å². The molecular formula is C19H22ClF2N3O5. The number of fused-ring (bicyclic) bond motifs is 1. The highest BCUT2D eigenvalue weighted by molar-refractivity contribution is 6.30. The van der Waals surface area contributed by atoms with Gasteiger partial charge in [0.05, 0.1) is 24.4 Å². The summed E-state index contributed by atoms with van der Waals surface area (Å²) in [7, 11) is 1.49. The number of rotatable bonds is 4. The Morgan fingerprint density at radius 2 is 2.10 bits per heavy atom. The Morgan fingerprint density at radius 3 is 2.80 bits per heavy atom. The van der Waals surface area contributed by atoms with Crippen LogP contribution in [0.3, 0.4) is 0 Å². The number of hydrogen-bond acceptors (Lipinski definition) is 7. The number of ether oxygens (including phenoxy) is 4. The first-order valence-corrected chi connectivity index (χ1v) is 9.80. The third-order valence-corrected chi connectivity index (χ3v) is 5.64. The molecule has 0 aliphatic carbocycles. The minimum atomic E-state index is -1.15. The first-order chi connectivity index (χ1) is 14.3. The first-order valence-electron chi connectivity index (χ1n) is 9.42. The number of aliphatic hydroxyl groups is 1. The van der Waals surface area contributed by atoms with Crippen molar-refractivity contribution in [1.29, 1.82) is 0 Å². The molecule has 2 saturated heterocycles. The second kappa shape index (κ2) is 8.10. The van der Waals surface area contributed by atoms with E-state index in [2.05, 4.69) is 10.3 Å². The molecule has 8 nitrogen and oxygen atoms in total. The summed E-state index contributed by atoms with van der Waals surface area (Å²) >= 11 is 5.63. The topological polar surface area (TPSA) is 87.9 Å². The lowest BCUT2D eigenvalue weighted by Crippen LogP contribution is -2.63. The van der Waals surface area contributed by atoms with Crippen molar-refractivity contribution in [3.63, 3.8) is 0 Å². The molecule has 2 aromatic rings. The van der Waals surface area contributed by atoms with Gasteiger partial charge in [-0.05, 0) is 26.0 Å². The van der Waals surface area contributed by atoms with Gasteiger partial charge >= 0.3 is 0 Å². The van der Waals surface area contributed by atoms with Crippen molar-refractivity contribution < 1.29 is 32.8 Å². The van der Waals surface area contributed by atoms with Gasteiger partial charge in [-0.3, -0.25) is 0 Å². The summed E-state index contributed by atoms with van der Waals surface area (Å²) < 4.78 is 53.0. The number of nitrogens with zero attached hydrogens (tertiary/aromatic N) is 3. The zero-order valence-corrected chi connectivity index (χ0v) is 17.3. The lowest BCUT2D eigenvalue weighted by molar-refractivity contribution is -0.351. The van der Waals surface area contributed by atoms with Crippen LogP contribution in [0.5, 0.6) is 0 Å². The molecule has 0 spiro atoms. The van der Waals surface area contributed by atoms with Gasteiger partial charge in [0.15, 0.2) is 17.4 Å².